The van der Waals surface area contributed by atoms with Gasteiger partial charge in [-0.05, 0) is 50.4 Å². The van der Waals surface area contributed by atoms with Crippen molar-refractivity contribution in [1.29, 1.82) is 0 Å². The van der Waals surface area contributed by atoms with Gasteiger partial charge in [0, 0.05) is 65.0 Å². The molecule has 0 unspecified atom stereocenters. The maximum absolute atomic E-state index is 13.4. The quantitative estimate of drug-likeness (QED) is 0.644. The predicted octanol–water partition coefficient (Wildman–Crippen LogP) is 1.54. The average molecular weight is 449 g/mol. The summed E-state index contributed by atoms with van der Waals surface area (Å²) in [6.07, 6.45) is 8.04. The number of hydrogen-bond acceptors (Lipinski definition) is 4. The molecule has 2 saturated heterocycles. The normalized spacial score (nSPS) is 25.3. The molecule has 2 atom stereocenters. The number of amides is 4. The van der Waals surface area contributed by atoms with Crippen molar-refractivity contribution in [3.8, 4) is 0 Å². The Morgan fingerprint density at radius 1 is 0.625 bits per heavy atom. The van der Waals surface area contributed by atoms with Gasteiger partial charge in [0.15, 0.2) is 0 Å². The summed E-state index contributed by atoms with van der Waals surface area (Å²) in [4.78, 5) is 53.9. The van der Waals surface area contributed by atoms with Crippen LogP contribution in [0, 0.1) is 23.7 Å². The number of piperidine rings is 2. The van der Waals surface area contributed by atoms with Gasteiger partial charge in [-0.2, -0.15) is 0 Å². The summed E-state index contributed by atoms with van der Waals surface area (Å²) in [5.74, 6) is 0.633. The molecule has 0 radical (unpaired) electrons. The van der Waals surface area contributed by atoms with Gasteiger partial charge >= 0.3 is 0 Å². The van der Waals surface area contributed by atoms with E-state index in [-0.39, 0.29) is 35.5 Å². The van der Waals surface area contributed by atoms with Gasteiger partial charge < -0.3 is 20.4 Å². The molecular formula is C24H40N4O4. The molecule has 180 valence electrons. The zero-order valence-corrected chi connectivity index (χ0v) is 19.7. The minimum atomic E-state index is -0.213. The van der Waals surface area contributed by atoms with Crippen LogP contribution < -0.4 is 10.6 Å². The molecule has 2 N–H and O–H groups in total. The van der Waals surface area contributed by atoms with Crippen molar-refractivity contribution in [2.75, 3.05) is 40.3 Å². The lowest BCUT2D eigenvalue weighted by atomic mass is 9.76. The van der Waals surface area contributed by atoms with Crippen LogP contribution in [0.5, 0.6) is 0 Å². The van der Waals surface area contributed by atoms with Crippen LogP contribution in [0.15, 0.2) is 0 Å². The van der Waals surface area contributed by atoms with E-state index in [1.807, 2.05) is 9.80 Å². The standard InChI is InChI=1S/C24H40N4O4/c1-25-21(29)15-17-7-11-27(12-8-17)23(31)19-5-3-4-6-20(19)24(32)28-13-9-18(10-14-28)16-22(30)26-2/h17-20H,3-16H2,1-2H3,(H,25,29)(H,26,30)/t19-,20-/m1/s1. The smallest absolute Gasteiger partial charge is 0.226 e. The molecular weight excluding hydrogens is 408 g/mol. The fourth-order valence-corrected chi connectivity index (χ4v) is 5.63. The van der Waals surface area contributed by atoms with Gasteiger partial charge in [-0.15, -0.1) is 0 Å². The van der Waals surface area contributed by atoms with Crippen LogP contribution in [0.25, 0.3) is 0 Å². The van der Waals surface area contributed by atoms with Crippen LogP contribution in [0.3, 0.4) is 0 Å². The highest BCUT2D eigenvalue weighted by Gasteiger charge is 2.41. The first-order chi connectivity index (χ1) is 15.4. The summed E-state index contributed by atoms with van der Waals surface area (Å²) in [5.41, 5.74) is 0. The number of carbonyl (C=O) groups excluding carboxylic acids is 4. The molecule has 1 aliphatic carbocycles. The second-order valence-electron chi connectivity index (χ2n) is 9.79. The van der Waals surface area contributed by atoms with E-state index in [1.165, 1.54) is 0 Å². The molecule has 2 heterocycles. The summed E-state index contributed by atoms with van der Waals surface area (Å²) in [5, 5.41) is 5.36. The number of likely N-dealkylation sites (tertiary alicyclic amines) is 2. The zero-order valence-electron chi connectivity index (χ0n) is 19.7. The van der Waals surface area contributed by atoms with E-state index < -0.39 is 0 Å². The van der Waals surface area contributed by atoms with Gasteiger partial charge in [0.05, 0.1) is 0 Å². The molecule has 0 bridgehead atoms. The Hall–Kier alpha value is -2.12. The molecule has 32 heavy (non-hydrogen) atoms. The fraction of sp³-hybridized carbons (Fsp3) is 0.833. The number of carbonyl (C=O) groups is 4. The summed E-state index contributed by atoms with van der Waals surface area (Å²) in [6, 6.07) is 0. The first-order valence-corrected chi connectivity index (χ1v) is 12.4. The minimum absolute atomic E-state index is 0.0619. The lowest BCUT2D eigenvalue weighted by Gasteiger charge is -2.40. The van der Waals surface area contributed by atoms with Gasteiger partial charge in [-0.3, -0.25) is 19.2 Å². The molecule has 3 aliphatic rings. The van der Waals surface area contributed by atoms with Crippen molar-refractivity contribution in [3.05, 3.63) is 0 Å². The third-order valence-electron chi connectivity index (χ3n) is 7.76. The van der Waals surface area contributed by atoms with Gasteiger partial charge in [0.25, 0.3) is 0 Å². The van der Waals surface area contributed by atoms with E-state index in [0.717, 1.165) is 51.4 Å². The zero-order chi connectivity index (χ0) is 23.1. The summed E-state index contributed by atoms with van der Waals surface area (Å²) >= 11 is 0. The van der Waals surface area contributed by atoms with Crippen LogP contribution in [0.2, 0.25) is 0 Å². The van der Waals surface area contributed by atoms with Crippen LogP contribution in [0.1, 0.15) is 64.2 Å². The number of rotatable bonds is 6. The Morgan fingerprint density at radius 2 is 0.969 bits per heavy atom. The Labute approximate surface area is 191 Å². The topological polar surface area (TPSA) is 98.8 Å². The van der Waals surface area contributed by atoms with E-state index in [2.05, 4.69) is 10.6 Å². The highest BCUT2D eigenvalue weighted by Crippen LogP contribution is 2.35. The Kier molecular flexibility index (Phi) is 8.93. The van der Waals surface area contributed by atoms with Crippen LogP contribution in [-0.4, -0.2) is 73.7 Å². The minimum Gasteiger partial charge on any atom is -0.359 e. The van der Waals surface area contributed by atoms with Gasteiger partial charge in [-0.25, -0.2) is 0 Å². The largest absolute Gasteiger partial charge is 0.359 e. The van der Waals surface area contributed by atoms with Crippen molar-refractivity contribution >= 4 is 23.6 Å². The van der Waals surface area contributed by atoms with Crippen molar-refractivity contribution in [1.82, 2.24) is 20.4 Å². The second kappa shape index (κ2) is 11.7. The third-order valence-corrected chi connectivity index (χ3v) is 7.76. The predicted molar refractivity (Wildman–Crippen MR) is 121 cm³/mol. The lowest BCUT2D eigenvalue weighted by Crippen LogP contribution is -2.50. The van der Waals surface area contributed by atoms with E-state index in [0.29, 0.717) is 50.9 Å². The number of hydrogen-bond donors (Lipinski definition) is 2. The van der Waals surface area contributed by atoms with Crippen molar-refractivity contribution in [2.24, 2.45) is 23.7 Å². The molecule has 0 aromatic heterocycles. The van der Waals surface area contributed by atoms with Crippen molar-refractivity contribution in [2.45, 2.75) is 64.2 Å². The molecule has 3 rings (SSSR count). The average Bonchev–Trinajstić information content (AvgIpc) is 2.84. The van der Waals surface area contributed by atoms with Gasteiger partial charge in [0.1, 0.15) is 0 Å². The van der Waals surface area contributed by atoms with E-state index in [9.17, 15) is 19.2 Å². The summed E-state index contributed by atoms with van der Waals surface area (Å²) in [7, 11) is 3.32. The Bertz CT molecular complexity index is 623. The maximum atomic E-state index is 13.4. The maximum Gasteiger partial charge on any atom is 0.226 e. The molecule has 0 aromatic carbocycles. The molecule has 1 saturated carbocycles. The molecule has 4 amide bonds. The monoisotopic (exact) mass is 448 g/mol. The van der Waals surface area contributed by atoms with E-state index >= 15 is 0 Å². The molecule has 0 spiro atoms. The highest BCUT2D eigenvalue weighted by atomic mass is 16.2. The molecule has 0 aromatic rings. The van der Waals surface area contributed by atoms with Gasteiger partial charge in [0.2, 0.25) is 23.6 Å². The Morgan fingerprint density at radius 3 is 1.28 bits per heavy atom. The summed E-state index contributed by atoms with van der Waals surface area (Å²) < 4.78 is 0. The molecule has 2 aliphatic heterocycles. The lowest BCUT2D eigenvalue weighted by molar-refractivity contribution is -0.150. The first kappa shape index (κ1) is 24.5. The molecule has 3 fully saturated rings. The van der Waals surface area contributed by atoms with Crippen LogP contribution in [0.4, 0.5) is 0 Å². The van der Waals surface area contributed by atoms with Crippen LogP contribution in [-0.2, 0) is 19.2 Å². The molecule has 8 nitrogen and oxygen atoms in total. The first-order valence-electron chi connectivity index (χ1n) is 12.4. The SMILES string of the molecule is CNC(=O)CC1CCN(C(=O)[C@@H]2CCCC[C@H]2C(=O)N2CCC(CC(=O)NC)CC2)CC1. The van der Waals surface area contributed by atoms with Crippen LogP contribution >= 0.6 is 0 Å². The highest BCUT2D eigenvalue weighted by molar-refractivity contribution is 5.88. The third kappa shape index (κ3) is 6.23. The van der Waals surface area contributed by atoms with E-state index in [4.69, 9.17) is 0 Å². The van der Waals surface area contributed by atoms with Gasteiger partial charge in [-0.1, -0.05) is 12.8 Å². The summed E-state index contributed by atoms with van der Waals surface area (Å²) in [6.45, 7) is 2.73. The Balaban J connectivity index is 1.53. The van der Waals surface area contributed by atoms with E-state index in [1.54, 1.807) is 14.1 Å². The number of nitrogens with zero attached hydrogens (tertiary/aromatic N) is 2. The fourth-order valence-electron chi connectivity index (χ4n) is 5.63. The number of nitrogens with one attached hydrogen (secondary N) is 2. The molecule has 8 heteroatoms. The van der Waals surface area contributed by atoms with Crippen molar-refractivity contribution in [3.63, 3.8) is 0 Å². The second-order valence-corrected chi connectivity index (χ2v) is 9.79. The van der Waals surface area contributed by atoms with Crippen molar-refractivity contribution < 1.29 is 19.2 Å².